The maximum atomic E-state index is 9.47. The van der Waals surface area contributed by atoms with E-state index in [-0.39, 0.29) is 6.10 Å². The second kappa shape index (κ2) is 3.23. The van der Waals surface area contributed by atoms with E-state index in [0.717, 1.165) is 26.1 Å². The maximum Gasteiger partial charge on any atom is 0.162 e. The zero-order valence-corrected chi connectivity index (χ0v) is 8.32. The van der Waals surface area contributed by atoms with Gasteiger partial charge in [0.05, 0.1) is 19.3 Å². The number of rotatable bonds is 0. The lowest BCUT2D eigenvalue weighted by molar-refractivity contribution is -0.204. The van der Waals surface area contributed by atoms with Gasteiger partial charge in [0.1, 0.15) is 0 Å². The molecule has 3 nitrogen and oxygen atoms in total. The largest absolute Gasteiger partial charge is 0.393 e. The molecule has 0 aromatic heterocycles. The minimum Gasteiger partial charge on any atom is -0.393 e. The molecule has 76 valence electrons. The molecule has 13 heavy (non-hydrogen) atoms. The zero-order chi connectivity index (χ0) is 9.47. The Morgan fingerprint density at radius 2 is 1.54 bits per heavy atom. The van der Waals surface area contributed by atoms with Gasteiger partial charge in [-0.15, -0.1) is 0 Å². The van der Waals surface area contributed by atoms with Crippen LogP contribution >= 0.6 is 0 Å². The van der Waals surface area contributed by atoms with Gasteiger partial charge in [0.25, 0.3) is 0 Å². The van der Waals surface area contributed by atoms with Crippen molar-refractivity contribution in [3.05, 3.63) is 0 Å². The van der Waals surface area contributed by atoms with Crippen molar-refractivity contribution in [1.29, 1.82) is 0 Å². The first-order valence-corrected chi connectivity index (χ1v) is 5.03. The summed E-state index contributed by atoms with van der Waals surface area (Å²) < 4.78 is 11.2. The lowest BCUT2D eigenvalue weighted by Gasteiger charge is -2.23. The SMILES string of the molecule is CC1(C)OC[C@@H]2CC(O)C[C@@H]2CO1. The number of ether oxygens (including phenoxy) is 2. The number of fused-ring (bicyclic) bond motifs is 1. The molecule has 2 aliphatic rings. The third-order valence-corrected chi connectivity index (χ3v) is 3.11. The predicted molar refractivity (Wildman–Crippen MR) is 48.2 cm³/mol. The molecular weight excluding hydrogens is 168 g/mol. The molecular formula is C10H18O3. The normalized spacial score (nSPS) is 44.1. The van der Waals surface area contributed by atoms with Gasteiger partial charge in [0.15, 0.2) is 5.79 Å². The van der Waals surface area contributed by atoms with Crippen LogP contribution in [0.15, 0.2) is 0 Å². The van der Waals surface area contributed by atoms with Crippen LogP contribution in [0.4, 0.5) is 0 Å². The van der Waals surface area contributed by atoms with Crippen molar-refractivity contribution in [2.45, 2.75) is 38.6 Å². The Balaban J connectivity index is 1.99. The first kappa shape index (κ1) is 9.44. The summed E-state index contributed by atoms with van der Waals surface area (Å²) in [7, 11) is 0. The molecule has 1 saturated heterocycles. The molecule has 1 aliphatic heterocycles. The Morgan fingerprint density at radius 1 is 1.08 bits per heavy atom. The van der Waals surface area contributed by atoms with Crippen molar-refractivity contribution in [2.24, 2.45) is 11.8 Å². The van der Waals surface area contributed by atoms with Crippen LogP contribution in [0.5, 0.6) is 0 Å². The standard InChI is InChI=1S/C10H18O3/c1-10(2)12-5-7-3-9(11)4-8(7)6-13-10/h7-9,11H,3-6H2,1-2H3/t7-,8+,9?. The fourth-order valence-corrected chi connectivity index (χ4v) is 2.25. The molecule has 0 aromatic carbocycles. The predicted octanol–water partition coefficient (Wildman–Crippen LogP) is 1.16. The van der Waals surface area contributed by atoms with Crippen LogP contribution in [0, 0.1) is 11.8 Å². The van der Waals surface area contributed by atoms with Crippen molar-refractivity contribution >= 4 is 0 Å². The van der Waals surface area contributed by atoms with Gasteiger partial charge in [-0.05, 0) is 38.5 Å². The molecule has 1 unspecified atom stereocenters. The first-order chi connectivity index (χ1) is 6.07. The highest BCUT2D eigenvalue weighted by Gasteiger charge is 2.38. The lowest BCUT2D eigenvalue weighted by Crippen LogP contribution is -2.28. The summed E-state index contributed by atoms with van der Waals surface area (Å²) in [4.78, 5) is 0. The number of aliphatic hydroxyl groups is 1. The quantitative estimate of drug-likeness (QED) is 0.617. The minimum atomic E-state index is -0.435. The molecule has 1 N–H and O–H groups in total. The first-order valence-electron chi connectivity index (χ1n) is 5.03. The van der Waals surface area contributed by atoms with E-state index in [4.69, 9.17) is 9.47 Å². The molecule has 3 heteroatoms. The van der Waals surface area contributed by atoms with Gasteiger partial charge in [0, 0.05) is 0 Å². The van der Waals surface area contributed by atoms with E-state index in [0.29, 0.717) is 11.8 Å². The molecule has 0 radical (unpaired) electrons. The lowest BCUT2D eigenvalue weighted by atomic mass is 9.98. The van der Waals surface area contributed by atoms with Crippen LogP contribution < -0.4 is 0 Å². The van der Waals surface area contributed by atoms with Gasteiger partial charge in [-0.2, -0.15) is 0 Å². The van der Waals surface area contributed by atoms with E-state index in [9.17, 15) is 5.11 Å². The summed E-state index contributed by atoms with van der Waals surface area (Å²) in [5.74, 6) is 0.559. The summed E-state index contributed by atoms with van der Waals surface area (Å²) in [5, 5.41) is 9.47. The Kier molecular flexibility index (Phi) is 2.34. The van der Waals surface area contributed by atoms with Crippen LogP contribution in [-0.2, 0) is 9.47 Å². The topological polar surface area (TPSA) is 38.7 Å². The highest BCUT2D eigenvalue weighted by molar-refractivity contribution is 4.85. The van der Waals surface area contributed by atoms with E-state index in [1.165, 1.54) is 0 Å². The summed E-state index contributed by atoms with van der Waals surface area (Å²) >= 11 is 0. The van der Waals surface area contributed by atoms with Crippen LogP contribution in [0.2, 0.25) is 0 Å². The smallest absolute Gasteiger partial charge is 0.162 e. The molecule has 2 rings (SSSR count). The van der Waals surface area contributed by atoms with Gasteiger partial charge < -0.3 is 14.6 Å². The second-order valence-electron chi connectivity index (χ2n) is 4.67. The van der Waals surface area contributed by atoms with E-state index in [1.807, 2.05) is 13.8 Å². The zero-order valence-electron chi connectivity index (χ0n) is 8.32. The summed E-state index contributed by atoms with van der Waals surface area (Å²) in [5.41, 5.74) is 0. The van der Waals surface area contributed by atoms with Gasteiger partial charge in [-0.1, -0.05) is 0 Å². The van der Waals surface area contributed by atoms with E-state index < -0.39 is 5.79 Å². The Morgan fingerprint density at radius 3 is 2.00 bits per heavy atom. The third kappa shape index (κ3) is 2.03. The van der Waals surface area contributed by atoms with Crippen LogP contribution in [0.1, 0.15) is 26.7 Å². The number of hydrogen-bond donors (Lipinski definition) is 1. The van der Waals surface area contributed by atoms with E-state index >= 15 is 0 Å². The molecule has 0 bridgehead atoms. The molecule has 0 spiro atoms. The highest BCUT2D eigenvalue weighted by atomic mass is 16.7. The summed E-state index contributed by atoms with van der Waals surface area (Å²) in [6, 6.07) is 0. The van der Waals surface area contributed by atoms with Crippen molar-refractivity contribution in [3.8, 4) is 0 Å². The van der Waals surface area contributed by atoms with Crippen molar-refractivity contribution in [3.63, 3.8) is 0 Å². The Bertz CT molecular complexity index is 173. The molecule has 1 heterocycles. The van der Waals surface area contributed by atoms with Crippen molar-refractivity contribution < 1.29 is 14.6 Å². The Hall–Kier alpha value is -0.120. The summed E-state index contributed by atoms with van der Waals surface area (Å²) in [6.07, 6.45) is 1.62. The Labute approximate surface area is 79.0 Å². The van der Waals surface area contributed by atoms with Gasteiger partial charge in [-0.25, -0.2) is 0 Å². The minimum absolute atomic E-state index is 0.136. The molecule has 0 amide bonds. The van der Waals surface area contributed by atoms with Crippen molar-refractivity contribution in [1.82, 2.24) is 0 Å². The van der Waals surface area contributed by atoms with Gasteiger partial charge in [-0.3, -0.25) is 0 Å². The van der Waals surface area contributed by atoms with Crippen LogP contribution in [-0.4, -0.2) is 30.2 Å². The molecule has 1 aliphatic carbocycles. The highest BCUT2D eigenvalue weighted by Crippen LogP contribution is 2.36. The molecule has 2 fully saturated rings. The van der Waals surface area contributed by atoms with Gasteiger partial charge in [0.2, 0.25) is 0 Å². The third-order valence-electron chi connectivity index (χ3n) is 3.11. The number of aliphatic hydroxyl groups excluding tert-OH is 1. The average molecular weight is 186 g/mol. The summed E-state index contributed by atoms with van der Waals surface area (Å²) in [6.45, 7) is 5.36. The maximum absolute atomic E-state index is 9.47. The van der Waals surface area contributed by atoms with Crippen LogP contribution in [0.25, 0.3) is 0 Å². The fourth-order valence-electron chi connectivity index (χ4n) is 2.25. The average Bonchev–Trinajstić information content (AvgIpc) is 2.34. The second-order valence-corrected chi connectivity index (χ2v) is 4.67. The molecule has 3 atom stereocenters. The fraction of sp³-hybridized carbons (Fsp3) is 1.00. The van der Waals surface area contributed by atoms with Crippen molar-refractivity contribution in [2.75, 3.05) is 13.2 Å². The van der Waals surface area contributed by atoms with E-state index in [1.54, 1.807) is 0 Å². The number of hydrogen-bond acceptors (Lipinski definition) is 3. The van der Waals surface area contributed by atoms with E-state index in [2.05, 4.69) is 0 Å². The molecule has 1 saturated carbocycles. The monoisotopic (exact) mass is 186 g/mol. The molecule has 0 aromatic rings. The van der Waals surface area contributed by atoms with Gasteiger partial charge >= 0.3 is 0 Å². The van der Waals surface area contributed by atoms with Crippen LogP contribution in [0.3, 0.4) is 0 Å².